The van der Waals surface area contributed by atoms with E-state index < -0.39 is 5.41 Å². The summed E-state index contributed by atoms with van der Waals surface area (Å²) in [5.74, 6) is -0.109. The second kappa shape index (κ2) is 5.20. The molecule has 0 aromatic heterocycles. The van der Waals surface area contributed by atoms with E-state index >= 15 is 0 Å². The Morgan fingerprint density at radius 2 is 1.52 bits per heavy atom. The molecule has 0 saturated carbocycles. The van der Waals surface area contributed by atoms with E-state index in [9.17, 15) is 9.59 Å². The number of benzene rings is 2. The number of hydrogen-bond acceptors (Lipinski definition) is 2. The molecule has 1 aliphatic carbocycles. The Morgan fingerprint density at radius 1 is 0.870 bits per heavy atom. The summed E-state index contributed by atoms with van der Waals surface area (Å²) in [4.78, 5) is 27.9. The minimum atomic E-state index is -0.927. The lowest BCUT2D eigenvalue weighted by molar-refractivity contribution is -0.125. The summed E-state index contributed by atoms with van der Waals surface area (Å²) in [6.07, 6.45) is 4.91. The lowest BCUT2D eigenvalue weighted by atomic mass is 9.73. The van der Waals surface area contributed by atoms with Gasteiger partial charge in [-0.25, -0.2) is 0 Å². The highest BCUT2D eigenvalue weighted by Gasteiger charge is 2.52. The van der Waals surface area contributed by atoms with E-state index in [2.05, 4.69) is 0 Å². The molecular formula is C20H17NO2. The van der Waals surface area contributed by atoms with Crippen LogP contribution in [0.3, 0.4) is 0 Å². The van der Waals surface area contributed by atoms with Crippen LogP contribution in [0.15, 0.2) is 66.7 Å². The van der Waals surface area contributed by atoms with Crippen LogP contribution in [0.25, 0.3) is 0 Å². The van der Waals surface area contributed by atoms with Gasteiger partial charge in [0.2, 0.25) is 5.91 Å². The van der Waals surface area contributed by atoms with E-state index in [0.717, 1.165) is 11.3 Å². The molecule has 2 aromatic rings. The van der Waals surface area contributed by atoms with Crippen molar-refractivity contribution in [2.75, 3.05) is 4.90 Å². The molecule has 2 aliphatic rings. The molecule has 1 amide bonds. The average Bonchev–Trinajstić information content (AvgIpc) is 3.09. The molecule has 2 aromatic carbocycles. The van der Waals surface area contributed by atoms with Gasteiger partial charge in [-0.05, 0) is 30.5 Å². The molecule has 0 bridgehead atoms. The van der Waals surface area contributed by atoms with Crippen molar-refractivity contribution in [3.63, 3.8) is 0 Å². The molecule has 23 heavy (non-hydrogen) atoms. The number of amides is 1. The summed E-state index contributed by atoms with van der Waals surface area (Å²) in [5, 5.41) is 0. The smallest absolute Gasteiger partial charge is 0.242 e. The van der Waals surface area contributed by atoms with E-state index in [1.165, 1.54) is 0 Å². The van der Waals surface area contributed by atoms with E-state index in [1.807, 2.05) is 66.7 Å². The van der Waals surface area contributed by atoms with Crippen molar-refractivity contribution in [2.24, 2.45) is 5.41 Å². The number of hydrogen-bond donors (Lipinski definition) is 0. The molecule has 0 saturated heterocycles. The molecule has 1 heterocycles. The third-order valence-electron chi connectivity index (χ3n) is 4.81. The maximum absolute atomic E-state index is 13.2. The van der Waals surface area contributed by atoms with E-state index in [-0.39, 0.29) is 11.7 Å². The minimum absolute atomic E-state index is 0.0348. The predicted molar refractivity (Wildman–Crippen MR) is 89.2 cm³/mol. The number of fused-ring (bicyclic) bond motifs is 1. The fourth-order valence-electron chi connectivity index (χ4n) is 3.56. The SMILES string of the molecule is O=C1c2ccccc2N(Cc2ccccc2)C(=O)C12CC=CC2. The number of Topliss-reactive ketones (excluding diaryl/α,β-unsaturated/α-hetero) is 1. The van der Waals surface area contributed by atoms with Gasteiger partial charge >= 0.3 is 0 Å². The number of carbonyl (C=O) groups is 2. The Morgan fingerprint density at radius 3 is 2.26 bits per heavy atom. The van der Waals surface area contributed by atoms with Gasteiger partial charge in [0.05, 0.1) is 12.2 Å². The molecule has 3 heteroatoms. The summed E-state index contributed by atoms with van der Waals surface area (Å²) in [6.45, 7) is 0.492. The Hall–Kier alpha value is -2.68. The maximum atomic E-state index is 13.2. The van der Waals surface area contributed by atoms with E-state index in [1.54, 1.807) is 4.90 Å². The largest absolute Gasteiger partial charge is 0.306 e. The lowest BCUT2D eigenvalue weighted by Gasteiger charge is -2.39. The first-order chi connectivity index (χ1) is 11.2. The predicted octanol–water partition coefficient (Wildman–Crippen LogP) is 3.75. The van der Waals surface area contributed by atoms with Crippen molar-refractivity contribution in [1.82, 2.24) is 0 Å². The highest BCUT2D eigenvalue weighted by atomic mass is 16.2. The minimum Gasteiger partial charge on any atom is -0.306 e. The van der Waals surface area contributed by atoms with Crippen LogP contribution in [-0.4, -0.2) is 11.7 Å². The highest BCUT2D eigenvalue weighted by molar-refractivity contribution is 6.25. The molecule has 0 atom stereocenters. The zero-order valence-corrected chi connectivity index (χ0v) is 12.7. The first-order valence-corrected chi connectivity index (χ1v) is 7.87. The Balaban J connectivity index is 1.82. The number of carbonyl (C=O) groups excluding carboxylic acids is 2. The van der Waals surface area contributed by atoms with Crippen molar-refractivity contribution >= 4 is 17.4 Å². The van der Waals surface area contributed by atoms with Crippen LogP contribution in [0.1, 0.15) is 28.8 Å². The number of allylic oxidation sites excluding steroid dienone is 2. The quantitative estimate of drug-likeness (QED) is 0.626. The van der Waals surface area contributed by atoms with Crippen molar-refractivity contribution in [3.8, 4) is 0 Å². The van der Waals surface area contributed by atoms with Crippen LogP contribution >= 0.6 is 0 Å². The third-order valence-corrected chi connectivity index (χ3v) is 4.81. The first kappa shape index (κ1) is 13.9. The third kappa shape index (κ3) is 2.04. The summed E-state index contributed by atoms with van der Waals surface area (Å²) >= 11 is 0. The molecule has 1 spiro atoms. The zero-order chi connectivity index (χ0) is 15.9. The average molecular weight is 303 g/mol. The molecule has 0 radical (unpaired) electrons. The van der Waals surface area contributed by atoms with Crippen LogP contribution in [-0.2, 0) is 11.3 Å². The van der Waals surface area contributed by atoms with E-state index in [4.69, 9.17) is 0 Å². The standard InChI is InChI=1S/C20H17NO2/c22-18-16-10-4-5-11-17(16)21(14-15-8-2-1-3-9-15)19(23)20(18)12-6-7-13-20/h1-11H,12-14H2. The van der Waals surface area contributed by atoms with Gasteiger partial charge < -0.3 is 4.90 Å². The van der Waals surface area contributed by atoms with Gasteiger partial charge in [0.25, 0.3) is 0 Å². The fraction of sp³-hybridized carbons (Fsp3) is 0.200. The Kier molecular flexibility index (Phi) is 3.15. The van der Waals surface area contributed by atoms with Crippen molar-refractivity contribution < 1.29 is 9.59 Å². The number of rotatable bonds is 2. The number of nitrogens with zero attached hydrogens (tertiary/aromatic N) is 1. The summed E-state index contributed by atoms with van der Waals surface area (Å²) < 4.78 is 0. The summed E-state index contributed by atoms with van der Waals surface area (Å²) in [6, 6.07) is 17.3. The maximum Gasteiger partial charge on any atom is 0.242 e. The fourth-order valence-corrected chi connectivity index (χ4v) is 3.56. The number of ketones is 1. The molecule has 0 unspecified atom stereocenters. The first-order valence-electron chi connectivity index (χ1n) is 7.87. The molecule has 114 valence electrons. The Bertz CT molecular complexity index is 799. The molecule has 3 nitrogen and oxygen atoms in total. The van der Waals surface area contributed by atoms with Crippen molar-refractivity contribution in [2.45, 2.75) is 19.4 Å². The van der Waals surface area contributed by atoms with Gasteiger partial charge in [-0.1, -0.05) is 54.6 Å². The monoisotopic (exact) mass is 303 g/mol. The van der Waals surface area contributed by atoms with Crippen molar-refractivity contribution in [3.05, 3.63) is 77.9 Å². The molecule has 0 N–H and O–H groups in total. The van der Waals surface area contributed by atoms with Crippen molar-refractivity contribution in [1.29, 1.82) is 0 Å². The molecule has 0 fully saturated rings. The van der Waals surface area contributed by atoms with Gasteiger partial charge in [0, 0.05) is 5.56 Å². The zero-order valence-electron chi connectivity index (χ0n) is 12.7. The lowest BCUT2D eigenvalue weighted by Crippen LogP contribution is -2.51. The highest BCUT2D eigenvalue weighted by Crippen LogP contribution is 2.45. The second-order valence-electron chi connectivity index (χ2n) is 6.18. The van der Waals surface area contributed by atoms with Gasteiger partial charge in [-0.2, -0.15) is 0 Å². The number of anilines is 1. The topological polar surface area (TPSA) is 37.4 Å². The van der Waals surface area contributed by atoms with Crippen LogP contribution in [0, 0.1) is 5.41 Å². The van der Waals surface area contributed by atoms with Gasteiger partial charge in [-0.15, -0.1) is 0 Å². The molecule has 4 rings (SSSR count). The van der Waals surface area contributed by atoms with Crippen LogP contribution in [0.4, 0.5) is 5.69 Å². The van der Waals surface area contributed by atoms with Crippen LogP contribution in [0.5, 0.6) is 0 Å². The second-order valence-corrected chi connectivity index (χ2v) is 6.18. The van der Waals surface area contributed by atoms with Gasteiger partial charge in [0.1, 0.15) is 5.41 Å². The van der Waals surface area contributed by atoms with Gasteiger partial charge in [0.15, 0.2) is 5.78 Å². The van der Waals surface area contributed by atoms with E-state index in [0.29, 0.717) is 24.9 Å². The van der Waals surface area contributed by atoms with Crippen LogP contribution in [0.2, 0.25) is 0 Å². The summed E-state index contributed by atoms with van der Waals surface area (Å²) in [5.41, 5.74) is 1.52. The van der Waals surface area contributed by atoms with Crippen LogP contribution < -0.4 is 4.90 Å². The normalized spacial score (nSPS) is 18.5. The molecular weight excluding hydrogens is 286 g/mol. The number of para-hydroxylation sites is 1. The van der Waals surface area contributed by atoms with Gasteiger partial charge in [-0.3, -0.25) is 9.59 Å². The Labute approximate surface area is 135 Å². The summed E-state index contributed by atoms with van der Waals surface area (Å²) in [7, 11) is 0. The molecule has 1 aliphatic heterocycles.